The molecule has 3 aromatic rings. The highest BCUT2D eigenvalue weighted by Crippen LogP contribution is 2.19. The minimum absolute atomic E-state index is 0.326. The van der Waals surface area contributed by atoms with E-state index in [4.69, 9.17) is 4.74 Å². The highest BCUT2D eigenvalue weighted by Gasteiger charge is 2.11. The molecule has 0 aliphatic heterocycles. The van der Waals surface area contributed by atoms with Crippen molar-refractivity contribution in [1.29, 1.82) is 0 Å². The molecule has 0 atom stereocenters. The number of hydrogen-bond acceptors (Lipinski definition) is 3. The molecule has 1 N–H and O–H groups in total. The van der Waals surface area contributed by atoms with E-state index in [1.807, 2.05) is 67.6 Å². The number of aryl methyl sites for hydroxylation is 1. The van der Waals surface area contributed by atoms with Crippen LogP contribution in [0.25, 0.3) is 11.1 Å². The summed E-state index contributed by atoms with van der Waals surface area (Å²) in [6.45, 7) is 1.57. The van der Waals surface area contributed by atoms with Gasteiger partial charge in [0.15, 0.2) is 6.61 Å². The van der Waals surface area contributed by atoms with Crippen molar-refractivity contribution in [3.05, 3.63) is 90.0 Å². The Hall–Kier alpha value is -3.40. The van der Waals surface area contributed by atoms with Gasteiger partial charge in [-0.2, -0.15) is 0 Å². The number of carbonyl (C=O) groups is 2. The van der Waals surface area contributed by atoms with Crippen LogP contribution in [0, 0.1) is 6.92 Å². The zero-order valence-electron chi connectivity index (χ0n) is 14.4. The summed E-state index contributed by atoms with van der Waals surface area (Å²) in [6, 6.07) is 24.4. The van der Waals surface area contributed by atoms with E-state index in [-0.39, 0.29) is 12.5 Å². The Labute approximate surface area is 152 Å². The monoisotopic (exact) mass is 345 g/mol. The lowest BCUT2D eigenvalue weighted by Gasteiger charge is -2.09. The molecule has 130 valence electrons. The number of anilines is 1. The highest BCUT2D eigenvalue weighted by atomic mass is 16.5. The number of ether oxygens (including phenoxy) is 1. The standard InChI is InChI=1S/C22H19NO3/c1-16-7-5-6-10-20(16)23-21(24)15-26-22(25)19-13-11-18(12-14-19)17-8-3-2-4-9-17/h2-14H,15H2,1H3,(H,23,24). The fraction of sp³-hybridized carbons (Fsp3) is 0.0909. The molecule has 0 fully saturated rings. The van der Waals surface area contributed by atoms with Gasteiger partial charge in [0, 0.05) is 5.69 Å². The van der Waals surface area contributed by atoms with Crippen LogP contribution in [0.3, 0.4) is 0 Å². The van der Waals surface area contributed by atoms with Crippen LogP contribution in [0.5, 0.6) is 0 Å². The van der Waals surface area contributed by atoms with E-state index in [1.54, 1.807) is 18.2 Å². The molecule has 3 rings (SSSR count). The Morgan fingerprint density at radius 3 is 2.12 bits per heavy atom. The van der Waals surface area contributed by atoms with E-state index in [9.17, 15) is 9.59 Å². The number of rotatable bonds is 5. The van der Waals surface area contributed by atoms with Crippen molar-refractivity contribution in [2.45, 2.75) is 6.92 Å². The predicted molar refractivity (Wildman–Crippen MR) is 102 cm³/mol. The van der Waals surface area contributed by atoms with Gasteiger partial charge >= 0.3 is 5.97 Å². The van der Waals surface area contributed by atoms with Crippen LogP contribution in [-0.4, -0.2) is 18.5 Å². The summed E-state index contributed by atoms with van der Waals surface area (Å²) in [4.78, 5) is 24.1. The lowest BCUT2D eigenvalue weighted by Crippen LogP contribution is -2.21. The van der Waals surface area contributed by atoms with Crippen LogP contribution in [0.4, 0.5) is 5.69 Å². The first-order valence-corrected chi connectivity index (χ1v) is 8.31. The van der Waals surface area contributed by atoms with Crippen molar-refractivity contribution in [2.24, 2.45) is 0 Å². The molecule has 0 bridgehead atoms. The lowest BCUT2D eigenvalue weighted by molar-refractivity contribution is -0.119. The molecule has 1 amide bonds. The first-order chi connectivity index (χ1) is 12.6. The Morgan fingerprint density at radius 1 is 0.808 bits per heavy atom. The van der Waals surface area contributed by atoms with E-state index < -0.39 is 5.97 Å². The molecule has 0 aliphatic carbocycles. The molecule has 0 spiro atoms. The fourth-order valence-electron chi connectivity index (χ4n) is 2.54. The summed E-state index contributed by atoms with van der Waals surface area (Å²) in [6.07, 6.45) is 0. The van der Waals surface area contributed by atoms with E-state index in [0.29, 0.717) is 11.3 Å². The van der Waals surface area contributed by atoms with Crippen molar-refractivity contribution in [3.8, 4) is 11.1 Å². The van der Waals surface area contributed by atoms with Gasteiger partial charge in [-0.05, 0) is 41.8 Å². The third kappa shape index (κ3) is 4.36. The van der Waals surface area contributed by atoms with E-state index in [0.717, 1.165) is 16.7 Å². The van der Waals surface area contributed by atoms with Gasteiger partial charge in [-0.1, -0.05) is 60.7 Å². The highest BCUT2D eigenvalue weighted by molar-refractivity contribution is 5.96. The average Bonchev–Trinajstić information content (AvgIpc) is 2.69. The normalized spacial score (nSPS) is 10.2. The summed E-state index contributed by atoms with van der Waals surface area (Å²) in [7, 11) is 0. The van der Waals surface area contributed by atoms with Crippen LogP contribution in [0.15, 0.2) is 78.9 Å². The molecule has 0 unspecified atom stereocenters. The van der Waals surface area contributed by atoms with Gasteiger partial charge in [-0.3, -0.25) is 4.79 Å². The molecular formula is C22H19NO3. The maximum absolute atomic E-state index is 12.1. The van der Waals surface area contributed by atoms with E-state index in [2.05, 4.69) is 5.32 Å². The Bertz CT molecular complexity index is 902. The van der Waals surface area contributed by atoms with Crippen molar-refractivity contribution in [1.82, 2.24) is 0 Å². The minimum atomic E-state index is -0.524. The topological polar surface area (TPSA) is 55.4 Å². The predicted octanol–water partition coefficient (Wildman–Crippen LogP) is 4.46. The quantitative estimate of drug-likeness (QED) is 0.695. The lowest BCUT2D eigenvalue weighted by atomic mass is 10.0. The average molecular weight is 345 g/mol. The molecular weight excluding hydrogens is 326 g/mol. The molecule has 0 aromatic heterocycles. The van der Waals surface area contributed by atoms with Gasteiger partial charge in [0.2, 0.25) is 0 Å². The summed E-state index contributed by atoms with van der Waals surface area (Å²) in [5.41, 5.74) is 4.15. The van der Waals surface area contributed by atoms with Crippen molar-refractivity contribution < 1.29 is 14.3 Å². The van der Waals surface area contributed by atoms with Gasteiger partial charge in [0.05, 0.1) is 5.56 Å². The van der Waals surface area contributed by atoms with Crippen LogP contribution in [-0.2, 0) is 9.53 Å². The van der Waals surface area contributed by atoms with Gasteiger partial charge in [0.25, 0.3) is 5.91 Å². The summed E-state index contributed by atoms with van der Waals surface area (Å²) >= 11 is 0. The number of nitrogens with one attached hydrogen (secondary N) is 1. The van der Waals surface area contributed by atoms with Crippen LogP contribution in [0.2, 0.25) is 0 Å². The first-order valence-electron chi connectivity index (χ1n) is 8.31. The molecule has 0 heterocycles. The molecule has 3 aromatic carbocycles. The maximum Gasteiger partial charge on any atom is 0.338 e. The second kappa shape index (κ2) is 8.12. The fourth-order valence-corrected chi connectivity index (χ4v) is 2.54. The molecule has 0 saturated heterocycles. The Balaban J connectivity index is 1.56. The molecule has 0 aliphatic rings. The molecule has 0 saturated carbocycles. The zero-order chi connectivity index (χ0) is 18.4. The number of benzene rings is 3. The van der Waals surface area contributed by atoms with Crippen LogP contribution in [0.1, 0.15) is 15.9 Å². The minimum Gasteiger partial charge on any atom is -0.452 e. The number of para-hydroxylation sites is 1. The van der Waals surface area contributed by atoms with E-state index >= 15 is 0 Å². The Kier molecular flexibility index (Phi) is 5.44. The zero-order valence-corrected chi connectivity index (χ0v) is 14.4. The maximum atomic E-state index is 12.1. The number of carbonyl (C=O) groups excluding carboxylic acids is 2. The number of esters is 1. The number of hydrogen-bond donors (Lipinski definition) is 1. The summed E-state index contributed by atoms with van der Waals surface area (Å²) in [5.74, 6) is -0.891. The van der Waals surface area contributed by atoms with Gasteiger partial charge < -0.3 is 10.1 Å². The smallest absolute Gasteiger partial charge is 0.338 e. The second-order valence-corrected chi connectivity index (χ2v) is 5.88. The second-order valence-electron chi connectivity index (χ2n) is 5.88. The van der Waals surface area contributed by atoms with Crippen molar-refractivity contribution in [2.75, 3.05) is 11.9 Å². The molecule has 0 radical (unpaired) electrons. The van der Waals surface area contributed by atoms with Crippen molar-refractivity contribution in [3.63, 3.8) is 0 Å². The SMILES string of the molecule is Cc1ccccc1NC(=O)COC(=O)c1ccc(-c2ccccc2)cc1. The molecule has 4 nitrogen and oxygen atoms in total. The van der Waals surface area contributed by atoms with E-state index in [1.165, 1.54) is 0 Å². The Morgan fingerprint density at radius 2 is 1.42 bits per heavy atom. The molecule has 26 heavy (non-hydrogen) atoms. The van der Waals surface area contributed by atoms with Gasteiger partial charge in [-0.15, -0.1) is 0 Å². The first kappa shape index (κ1) is 17.4. The molecule has 4 heteroatoms. The summed E-state index contributed by atoms with van der Waals surface area (Å²) < 4.78 is 5.10. The summed E-state index contributed by atoms with van der Waals surface area (Å²) in [5, 5.41) is 2.73. The number of amides is 1. The third-order valence-corrected chi connectivity index (χ3v) is 3.98. The van der Waals surface area contributed by atoms with Crippen LogP contribution >= 0.6 is 0 Å². The van der Waals surface area contributed by atoms with Crippen molar-refractivity contribution >= 4 is 17.6 Å². The van der Waals surface area contributed by atoms with Gasteiger partial charge in [0.1, 0.15) is 0 Å². The third-order valence-electron chi connectivity index (χ3n) is 3.98. The van der Waals surface area contributed by atoms with Crippen LogP contribution < -0.4 is 5.32 Å². The van der Waals surface area contributed by atoms with Gasteiger partial charge in [-0.25, -0.2) is 4.79 Å². The largest absolute Gasteiger partial charge is 0.452 e.